The summed E-state index contributed by atoms with van der Waals surface area (Å²) < 4.78 is 0. The minimum Gasteiger partial charge on any atom is -0.394 e. The Morgan fingerprint density at radius 2 is 2.27 bits per heavy atom. The van der Waals surface area contributed by atoms with Gasteiger partial charge in [0.05, 0.1) is 18.2 Å². The van der Waals surface area contributed by atoms with Gasteiger partial charge < -0.3 is 10.4 Å². The second-order valence-electron chi connectivity index (χ2n) is 3.57. The van der Waals surface area contributed by atoms with Gasteiger partial charge in [-0.3, -0.25) is 0 Å². The summed E-state index contributed by atoms with van der Waals surface area (Å²) in [5, 5.41) is 21.0. The Kier molecular flexibility index (Phi) is 4.14. The van der Waals surface area contributed by atoms with Crippen LogP contribution in [0.4, 0.5) is 5.69 Å². The molecular weight excluding hydrogens is 188 g/mol. The zero-order valence-corrected chi connectivity index (χ0v) is 9.12. The van der Waals surface area contributed by atoms with E-state index in [1.165, 1.54) is 0 Å². The molecule has 2 N–H and O–H groups in total. The van der Waals surface area contributed by atoms with Crippen molar-refractivity contribution in [1.82, 2.24) is 0 Å². The second kappa shape index (κ2) is 5.38. The summed E-state index contributed by atoms with van der Waals surface area (Å²) in [6.45, 7) is 4.05. The van der Waals surface area contributed by atoms with Crippen molar-refractivity contribution in [2.75, 3.05) is 11.9 Å². The maximum atomic E-state index is 9.04. The molecule has 0 heterocycles. The number of nitrogens with zero attached hydrogens (tertiary/aromatic N) is 1. The molecule has 1 unspecified atom stereocenters. The largest absolute Gasteiger partial charge is 0.394 e. The Hall–Kier alpha value is -1.53. The predicted octanol–water partition coefficient (Wildman–Crippen LogP) is 2.05. The monoisotopic (exact) mass is 204 g/mol. The number of hydrogen-bond donors (Lipinski definition) is 2. The fourth-order valence-electron chi connectivity index (χ4n) is 1.39. The van der Waals surface area contributed by atoms with E-state index in [1.54, 1.807) is 6.07 Å². The molecule has 0 spiro atoms. The Bertz CT molecular complexity index is 364. The minimum absolute atomic E-state index is 0.0809. The summed E-state index contributed by atoms with van der Waals surface area (Å²) in [6.07, 6.45) is 0.871. The zero-order valence-electron chi connectivity index (χ0n) is 9.12. The van der Waals surface area contributed by atoms with E-state index >= 15 is 0 Å². The van der Waals surface area contributed by atoms with Crippen LogP contribution in [0.2, 0.25) is 0 Å². The number of benzene rings is 1. The molecule has 1 aromatic rings. The fraction of sp³-hybridized carbons (Fsp3) is 0.417. The van der Waals surface area contributed by atoms with Crippen LogP contribution in [0.1, 0.15) is 24.5 Å². The molecule has 0 aliphatic carbocycles. The summed E-state index contributed by atoms with van der Waals surface area (Å²) in [5.74, 6) is 0. The molecule has 1 rings (SSSR count). The molecule has 80 valence electrons. The van der Waals surface area contributed by atoms with Crippen molar-refractivity contribution in [1.29, 1.82) is 5.26 Å². The Labute approximate surface area is 90.4 Å². The fourth-order valence-corrected chi connectivity index (χ4v) is 1.39. The van der Waals surface area contributed by atoms with E-state index < -0.39 is 0 Å². The molecule has 0 fully saturated rings. The molecule has 0 radical (unpaired) electrons. The third-order valence-corrected chi connectivity index (χ3v) is 2.43. The zero-order chi connectivity index (χ0) is 11.3. The molecule has 0 aliphatic heterocycles. The number of nitrogens with one attached hydrogen (secondary N) is 1. The number of anilines is 1. The normalized spacial score (nSPS) is 11.9. The van der Waals surface area contributed by atoms with E-state index in [2.05, 4.69) is 11.4 Å². The Balaban J connectivity index is 2.80. The molecule has 3 heteroatoms. The first-order valence-corrected chi connectivity index (χ1v) is 5.09. The van der Waals surface area contributed by atoms with Gasteiger partial charge in [-0.1, -0.05) is 6.92 Å². The van der Waals surface area contributed by atoms with Crippen LogP contribution < -0.4 is 5.32 Å². The molecular formula is C12H16N2O. The summed E-state index contributed by atoms with van der Waals surface area (Å²) in [5.41, 5.74) is 2.60. The number of aliphatic hydroxyl groups excluding tert-OH is 1. The first-order chi connectivity index (χ1) is 7.21. The van der Waals surface area contributed by atoms with Gasteiger partial charge in [0, 0.05) is 11.7 Å². The Morgan fingerprint density at radius 1 is 1.53 bits per heavy atom. The second-order valence-corrected chi connectivity index (χ2v) is 3.57. The Morgan fingerprint density at radius 3 is 2.73 bits per heavy atom. The van der Waals surface area contributed by atoms with Gasteiger partial charge in [0.15, 0.2) is 0 Å². The highest BCUT2D eigenvalue weighted by atomic mass is 16.3. The van der Waals surface area contributed by atoms with Crippen LogP contribution in [0, 0.1) is 18.3 Å². The average Bonchev–Trinajstić information content (AvgIpc) is 2.26. The first-order valence-electron chi connectivity index (χ1n) is 5.09. The maximum Gasteiger partial charge on any atom is 0.0994 e. The van der Waals surface area contributed by atoms with Crippen LogP contribution in [-0.2, 0) is 0 Å². The molecule has 15 heavy (non-hydrogen) atoms. The van der Waals surface area contributed by atoms with E-state index in [1.807, 2.05) is 26.0 Å². The van der Waals surface area contributed by atoms with Crippen molar-refractivity contribution in [3.05, 3.63) is 29.3 Å². The standard InChI is InChI=1S/C12H16N2O/c1-3-11(8-15)14-12-5-4-10(7-13)9(2)6-12/h4-6,11,14-15H,3,8H2,1-2H3. The minimum atomic E-state index is 0.0809. The smallest absolute Gasteiger partial charge is 0.0994 e. The van der Waals surface area contributed by atoms with Crippen molar-refractivity contribution in [3.8, 4) is 6.07 Å². The van der Waals surface area contributed by atoms with Crippen LogP contribution in [0.5, 0.6) is 0 Å². The molecule has 0 saturated carbocycles. The summed E-state index contributed by atoms with van der Waals surface area (Å²) in [4.78, 5) is 0. The van der Waals surface area contributed by atoms with E-state index in [4.69, 9.17) is 10.4 Å². The summed E-state index contributed by atoms with van der Waals surface area (Å²) in [6, 6.07) is 7.79. The number of aryl methyl sites for hydroxylation is 1. The third-order valence-electron chi connectivity index (χ3n) is 2.43. The van der Waals surface area contributed by atoms with Gasteiger partial charge >= 0.3 is 0 Å². The first kappa shape index (κ1) is 11.5. The lowest BCUT2D eigenvalue weighted by Gasteiger charge is -2.15. The molecule has 0 aliphatic rings. The molecule has 0 amide bonds. The topological polar surface area (TPSA) is 56.0 Å². The lowest BCUT2D eigenvalue weighted by atomic mass is 10.1. The molecule has 0 saturated heterocycles. The number of rotatable bonds is 4. The van der Waals surface area contributed by atoms with Gasteiger partial charge in [0.1, 0.15) is 0 Å². The van der Waals surface area contributed by atoms with Gasteiger partial charge in [-0.15, -0.1) is 0 Å². The molecule has 0 aromatic heterocycles. The van der Waals surface area contributed by atoms with Gasteiger partial charge in [0.25, 0.3) is 0 Å². The van der Waals surface area contributed by atoms with Crippen LogP contribution in [-0.4, -0.2) is 17.8 Å². The van der Waals surface area contributed by atoms with Crippen molar-refractivity contribution in [2.24, 2.45) is 0 Å². The maximum absolute atomic E-state index is 9.04. The van der Waals surface area contributed by atoms with Crippen molar-refractivity contribution < 1.29 is 5.11 Å². The highest BCUT2D eigenvalue weighted by Gasteiger charge is 2.05. The summed E-state index contributed by atoms with van der Waals surface area (Å²) in [7, 11) is 0. The number of aliphatic hydroxyl groups is 1. The highest BCUT2D eigenvalue weighted by Crippen LogP contribution is 2.15. The molecule has 1 aromatic carbocycles. The van der Waals surface area contributed by atoms with Crippen molar-refractivity contribution in [2.45, 2.75) is 26.3 Å². The summed E-state index contributed by atoms with van der Waals surface area (Å²) >= 11 is 0. The third kappa shape index (κ3) is 2.97. The van der Waals surface area contributed by atoms with Crippen molar-refractivity contribution in [3.63, 3.8) is 0 Å². The molecule has 0 bridgehead atoms. The molecule has 1 atom stereocenters. The van der Waals surface area contributed by atoms with Crippen LogP contribution >= 0.6 is 0 Å². The lowest BCUT2D eigenvalue weighted by molar-refractivity contribution is 0.272. The van der Waals surface area contributed by atoms with Crippen LogP contribution in [0.25, 0.3) is 0 Å². The number of nitriles is 1. The van der Waals surface area contributed by atoms with Crippen molar-refractivity contribution >= 4 is 5.69 Å². The number of hydrogen-bond acceptors (Lipinski definition) is 3. The van der Waals surface area contributed by atoms with Crippen LogP contribution in [0.3, 0.4) is 0 Å². The molecule has 3 nitrogen and oxygen atoms in total. The van der Waals surface area contributed by atoms with Gasteiger partial charge in [-0.05, 0) is 37.1 Å². The van der Waals surface area contributed by atoms with E-state index in [9.17, 15) is 0 Å². The van der Waals surface area contributed by atoms with E-state index in [0.717, 1.165) is 17.7 Å². The quantitative estimate of drug-likeness (QED) is 0.789. The van der Waals surface area contributed by atoms with Crippen LogP contribution in [0.15, 0.2) is 18.2 Å². The van der Waals surface area contributed by atoms with Gasteiger partial charge in [-0.2, -0.15) is 5.26 Å². The highest BCUT2D eigenvalue weighted by molar-refractivity contribution is 5.52. The van der Waals surface area contributed by atoms with E-state index in [-0.39, 0.29) is 12.6 Å². The van der Waals surface area contributed by atoms with Gasteiger partial charge in [0.2, 0.25) is 0 Å². The van der Waals surface area contributed by atoms with Gasteiger partial charge in [-0.25, -0.2) is 0 Å². The SMILES string of the molecule is CCC(CO)Nc1ccc(C#N)c(C)c1. The predicted molar refractivity (Wildman–Crippen MR) is 60.7 cm³/mol. The van der Waals surface area contributed by atoms with E-state index in [0.29, 0.717) is 5.56 Å². The average molecular weight is 204 g/mol. The lowest BCUT2D eigenvalue weighted by Crippen LogP contribution is -2.22.